The topological polar surface area (TPSA) is 76.8 Å². The molecule has 0 heterocycles. The Labute approximate surface area is 72.7 Å². The van der Waals surface area contributed by atoms with Crippen LogP contribution in [0.3, 0.4) is 0 Å². The lowest BCUT2D eigenvalue weighted by atomic mass is 9.76. The van der Waals surface area contributed by atoms with E-state index >= 15 is 0 Å². The van der Waals surface area contributed by atoms with Crippen molar-refractivity contribution in [2.75, 3.05) is 0 Å². The Bertz CT molecular complexity index is 205. The Morgan fingerprint density at radius 3 is 2.42 bits per heavy atom. The molecule has 1 rings (SSSR count). The predicted molar refractivity (Wildman–Crippen MR) is 50.8 cm³/mol. The summed E-state index contributed by atoms with van der Waals surface area (Å²) in [6, 6.07) is 0. The molecule has 0 aromatic heterocycles. The van der Waals surface area contributed by atoms with Crippen LogP contribution in [0.2, 0.25) is 0 Å². The first-order valence-electron chi connectivity index (χ1n) is 4.24. The smallest absolute Gasteiger partial charge is 0.211 e. The van der Waals surface area contributed by atoms with Crippen molar-refractivity contribution >= 4 is 11.7 Å². The molecule has 0 spiro atoms. The molecule has 0 aliphatic heterocycles. The Morgan fingerprint density at radius 1 is 1.42 bits per heavy atom. The summed E-state index contributed by atoms with van der Waals surface area (Å²) in [4.78, 5) is 0. The highest BCUT2D eigenvalue weighted by Gasteiger charge is 2.27. The van der Waals surface area contributed by atoms with E-state index in [0.717, 1.165) is 30.4 Å². The molecule has 0 aromatic carbocycles. The van der Waals surface area contributed by atoms with Crippen LogP contribution in [-0.4, -0.2) is 11.7 Å². The molecular weight excluding hydrogens is 152 g/mol. The Hall–Kier alpha value is -1.06. The highest BCUT2D eigenvalue weighted by atomic mass is 15.3. The predicted octanol–water partition coefficient (Wildman–Crippen LogP) is 0.682. The summed E-state index contributed by atoms with van der Waals surface area (Å²) in [5, 5.41) is 7.52. The molecule has 0 bridgehead atoms. The fourth-order valence-corrected chi connectivity index (χ4v) is 1.23. The minimum Gasteiger partial charge on any atom is -0.369 e. The van der Waals surface area contributed by atoms with Crippen molar-refractivity contribution in [3.63, 3.8) is 0 Å². The van der Waals surface area contributed by atoms with Gasteiger partial charge in [0.25, 0.3) is 0 Å². The van der Waals surface area contributed by atoms with Gasteiger partial charge in [0.2, 0.25) is 5.96 Å². The van der Waals surface area contributed by atoms with Gasteiger partial charge in [-0.15, -0.1) is 5.10 Å². The molecule has 68 valence electrons. The summed E-state index contributed by atoms with van der Waals surface area (Å²) in [5.74, 6) is 1.55. The number of rotatable bonds is 2. The summed E-state index contributed by atoms with van der Waals surface area (Å²) in [5.41, 5.74) is 11.4. The Morgan fingerprint density at radius 2 is 2.00 bits per heavy atom. The fraction of sp³-hybridized carbons (Fsp3) is 0.750. The fourth-order valence-electron chi connectivity index (χ4n) is 1.23. The minimum atomic E-state index is 0.0375. The molecule has 0 radical (unpaired) electrons. The van der Waals surface area contributed by atoms with E-state index in [9.17, 15) is 0 Å². The first kappa shape index (κ1) is 9.03. The van der Waals surface area contributed by atoms with Gasteiger partial charge >= 0.3 is 0 Å². The largest absolute Gasteiger partial charge is 0.369 e. The van der Waals surface area contributed by atoms with Crippen LogP contribution in [0.4, 0.5) is 0 Å². The van der Waals surface area contributed by atoms with Crippen LogP contribution in [-0.2, 0) is 0 Å². The average molecular weight is 168 g/mol. The van der Waals surface area contributed by atoms with Gasteiger partial charge in [0.1, 0.15) is 0 Å². The molecule has 1 saturated carbocycles. The van der Waals surface area contributed by atoms with Gasteiger partial charge in [-0.05, 0) is 24.7 Å². The number of nitrogens with zero attached hydrogens (tertiary/aromatic N) is 2. The summed E-state index contributed by atoms with van der Waals surface area (Å²) < 4.78 is 0. The lowest BCUT2D eigenvalue weighted by molar-refractivity contribution is 0.363. The van der Waals surface area contributed by atoms with Crippen molar-refractivity contribution in [2.45, 2.75) is 26.7 Å². The van der Waals surface area contributed by atoms with Crippen molar-refractivity contribution < 1.29 is 0 Å². The maximum Gasteiger partial charge on any atom is 0.211 e. The van der Waals surface area contributed by atoms with E-state index in [1.807, 2.05) is 0 Å². The van der Waals surface area contributed by atoms with Crippen LogP contribution in [0.1, 0.15) is 26.7 Å². The van der Waals surface area contributed by atoms with E-state index in [-0.39, 0.29) is 5.96 Å². The lowest BCUT2D eigenvalue weighted by Gasteiger charge is -2.30. The third kappa shape index (κ3) is 2.22. The summed E-state index contributed by atoms with van der Waals surface area (Å²) >= 11 is 0. The monoisotopic (exact) mass is 168 g/mol. The molecule has 0 unspecified atom stereocenters. The van der Waals surface area contributed by atoms with Crippen molar-refractivity contribution in [3.8, 4) is 0 Å². The van der Waals surface area contributed by atoms with Crippen molar-refractivity contribution in [1.29, 1.82) is 0 Å². The maximum absolute atomic E-state index is 5.13. The molecule has 4 nitrogen and oxygen atoms in total. The van der Waals surface area contributed by atoms with Gasteiger partial charge < -0.3 is 11.5 Å². The molecule has 4 N–H and O–H groups in total. The molecular formula is C8H16N4. The quantitative estimate of drug-likeness (QED) is 0.361. The highest BCUT2D eigenvalue weighted by molar-refractivity contribution is 5.90. The van der Waals surface area contributed by atoms with Gasteiger partial charge in [-0.1, -0.05) is 13.8 Å². The van der Waals surface area contributed by atoms with Gasteiger partial charge in [-0.3, -0.25) is 0 Å². The molecule has 0 amide bonds. The number of hydrogen-bond donors (Lipinski definition) is 2. The van der Waals surface area contributed by atoms with E-state index in [1.54, 1.807) is 0 Å². The molecule has 0 saturated heterocycles. The molecule has 0 atom stereocenters. The van der Waals surface area contributed by atoms with Crippen LogP contribution >= 0.6 is 0 Å². The van der Waals surface area contributed by atoms with Crippen molar-refractivity contribution in [1.82, 2.24) is 0 Å². The van der Waals surface area contributed by atoms with Crippen LogP contribution in [0.25, 0.3) is 0 Å². The average Bonchev–Trinajstić information content (AvgIpc) is 1.82. The minimum absolute atomic E-state index is 0.0375. The SMILES string of the molecule is CC(C)C1CC(=NN=C(N)N)C1. The standard InChI is InChI=1S/C8H16N4/c1-5(2)6-3-7(4-6)11-12-8(9)10/h5-6H,3-4H2,1-2H3,(H4,9,10,12). The van der Waals surface area contributed by atoms with Crippen molar-refractivity contribution in [2.24, 2.45) is 33.5 Å². The molecule has 1 aliphatic carbocycles. The number of hydrogen-bond acceptors (Lipinski definition) is 2. The van der Waals surface area contributed by atoms with E-state index in [0.29, 0.717) is 0 Å². The molecule has 4 heteroatoms. The Kier molecular flexibility index (Phi) is 2.68. The van der Waals surface area contributed by atoms with E-state index in [2.05, 4.69) is 24.1 Å². The zero-order valence-electron chi connectivity index (χ0n) is 7.62. The summed E-state index contributed by atoms with van der Waals surface area (Å²) in [6.45, 7) is 4.45. The van der Waals surface area contributed by atoms with E-state index < -0.39 is 0 Å². The number of nitrogens with two attached hydrogens (primary N) is 2. The second-order valence-electron chi connectivity index (χ2n) is 3.60. The van der Waals surface area contributed by atoms with Crippen LogP contribution in [0.15, 0.2) is 10.2 Å². The van der Waals surface area contributed by atoms with E-state index in [1.165, 1.54) is 0 Å². The van der Waals surface area contributed by atoms with Crippen LogP contribution in [0.5, 0.6) is 0 Å². The molecule has 1 fully saturated rings. The zero-order valence-corrected chi connectivity index (χ0v) is 7.62. The van der Waals surface area contributed by atoms with Gasteiger partial charge in [-0.2, -0.15) is 5.10 Å². The van der Waals surface area contributed by atoms with Crippen LogP contribution < -0.4 is 11.5 Å². The zero-order chi connectivity index (χ0) is 9.14. The third-order valence-corrected chi connectivity index (χ3v) is 2.25. The first-order chi connectivity index (χ1) is 5.59. The van der Waals surface area contributed by atoms with Crippen molar-refractivity contribution in [3.05, 3.63) is 0 Å². The van der Waals surface area contributed by atoms with Gasteiger partial charge in [-0.25, -0.2) is 0 Å². The normalized spacial score (nSPS) is 21.9. The van der Waals surface area contributed by atoms with Gasteiger partial charge in [0.15, 0.2) is 0 Å². The summed E-state index contributed by atoms with van der Waals surface area (Å²) in [7, 11) is 0. The third-order valence-electron chi connectivity index (χ3n) is 2.25. The second kappa shape index (κ2) is 3.56. The summed E-state index contributed by atoms with van der Waals surface area (Å²) in [6.07, 6.45) is 2.10. The lowest BCUT2D eigenvalue weighted by Crippen LogP contribution is -2.28. The number of guanidine groups is 1. The van der Waals surface area contributed by atoms with Crippen LogP contribution in [0, 0.1) is 11.8 Å². The van der Waals surface area contributed by atoms with E-state index in [4.69, 9.17) is 11.5 Å². The van der Waals surface area contributed by atoms with Gasteiger partial charge in [0.05, 0.1) is 0 Å². The van der Waals surface area contributed by atoms with Gasteiger partial charge in [0, 0.05) is 5.71 Å². The molecule has 0 aromatic rings. The highest BCUT2D eigenvalue weighted by Crippen LogP contribution is 2.30. The Balaban J connectivity index is 2.34. The maximum atomic E-state index is 5.13. The second-order valence-corrected chi connectivity index (χ2v) is 3.60. The molecule has 1 aliphatic rings. The molecule has 12 heavy (non-hydrogen) atoms. The first-order valence-corrected chi connectivity index (χ1v) is 4.24.